The van der Waals surface area contributed by atoms with E-state index in [9.17, 15) is 14.9 Å². The van der Waals surface area contributed by atoms with Crippen molar-refractivity contribution in [3.8, 4) is 0 Å². The van der Waals surface area contributed by atoms with E-state index in [4.69, 9.17) is 11.6 Å². The first-order valence-corrected chi connectivity index (χ1v) is 6.86. The molecule has 0 spiro atoms. The van der Waals surface area contributed by atoms with Crippen LogP contribution in [0.5, 0.6) is 0 Å². The van der Waals surface area contributed by atoms with Crippen LogP contribution in [-0.4, -0.2) is 28.3 Å². The minimum absolute atomic E-state index is 0.0274. The molecule has 0 aliphatic heterocycles. The fraction of sp³-hybridized carbons (Fsp3) is 0.500. The summed E-state index contributed by atoms with van der Waals surface area (Å²) >= 11 is 5.76. The number of benzene rings is 1. The van der Waals surface area contributed by atoms with Gasteiger partial charge in [0.05, 0.1) is 4.92 Å². The van der Waals surface area contributed by atoms with Gasteiger partial charge in [-0.2, -0.15) is 0 Å². The van der Waals surface area contributed by atoms with Gasteiger partial charge in [0.15, 0.2) is 0 Å². The number of nitrogens with zero attached hydrogens (tertiary/aromatic N) is 2. The van der Waals surface area contributed by atoms with Crippen LogP contribution in [0.25, 0.3) is 0 Å². The zero-order chi connectivity index (χ0) is 15.4. The Labute approximate surface area is 123 Å². The predicted molar refractivity (Wildman–Crippen MR) is 79.1 cm³/mol. The lowest BCUT2D eigenvalue weighted by Gasteiger charge is -2.28. The molecule has 0 fully saturated rings. The van der Waals surface area contributed by atoms with E-state index in [1.165, 1.54) is 18.2 Å². The summed E-state index contributed by atoms with van der Waals surface area (Å²) in [5.74, 6) is 0.108. The molecule has 1 aromatic carbocycles. The van der Waals surface area contributed by atoms with Gasteiger partial charge in [-0.15, -0.1) is 0 Å². The molecule has 0 saturated heterocycles. The van der Waals surface area contributed by atoms with Gasteiger partial charge in [0, 0.05) is 24.2 Å². The van der Waals surface area contributed by atoms with E-state index in [1.807, 2.05) is 27.7 Å². The maximum absolute atomic E-state index is 12.5. The Morgan fingerprint density at radius 1 is 1.35 bits per heavy atom. The van der Waals surface area contributed by atoms with Gasteiger partial charge < -0.3 is 4.90 Å². The van der Waals surface area contributed by atoms with E-state index < -0.39 is 4.92 Å². The second-order valence-electron chi connectivity index (χ2n) is 5.37. The van der Waals surface area contributed by atoms with Crippen LogP contribution < -0.4 is 0 Å². The summed E-state index contributed by atoms with van der Waals surface area (Å²) in [5, 5.41) is 10.9. The number of hydrogen-bond donors (Lipinski definition) is 0. The van der Waals surface area contributed by atoms with Gasteiger partial charge in [-0.3, -0.25) is 14.9 Å². The fourth-order valence-electron chi connectivity index (χ4n) is 1.87. The second-order valence-corrected chi connectivity index (χ2v) is 5.78. The zero-order valence-corrected chi connectivity index (χ0v) is 12.8. The van der Waals surface area contributed by atoms with Crippen molar-refractivity contribution in [1.82, 2.24) is 4.90 Å². The Morgan fingerprint density at radius 3 is 2.40 bits per heavy atom. The van der Waals surface area contributed by atoms with Gasteiger partial charge in [-0.25, -0.2) is 0 Å². The number of carbonyl (C=O) groups excluding carboxylic acids is 1. The molecular weight excluding hydrogens is 280 g/mol. The third-order valence-electron chi connectivity index (χ3n) is 2.84. The quantitative estimate of drug-likeness (QED) is 0.614. The number of nitro groups is 1. The Kier molecular flexibility index (Phi) is 5.51. The molecule has 5 nitrogen and oxygen atoms in total. The van der Waals surface area contributed by atoms with Crippen LogP contribution in [0, 0.1) is 16.0 Å². The van der Waals surface area contributed by atoms with Crippen LogP contribution in [0.15, 0.2) is 18.2 Å². The van der Waals surface area contributed by atoms with Crippen molar-refractivity contribution in [3.63, 3.8) is 0 Å². The molecule has 6 heteroatoms. The molecule has 0 atom stereocenters. The summed E-state index contributed by atoms with van der Waals surface area (Å²) in [5.41, 5.74) is 0.0428. The summed E-state index contributed by atoms with van der Waals surface area (Å²) in [6, 6.07) is 4.17. The monoisotopic (exact) mass is 298 g/mol. The van der Waals surface area contributed by atoms with Crippen LogP contribution in [-0.2, 0) is 0 Å². The van der Waals surface area contributed by atoms with E-state index in [1.54, 1.807) is 4.90 Å². The average Bonchev–Trinajstić information content (AvgIpc) is 2.34. The maximum Gasteiger partial charge on any atom is 0.288 e. The van der Waals surface area contributed by atoms with Gasteiger partial charge in [0.1, 0.15) is 5.02 Å². The molecule has 20 heavy (non-hydrogen) atoms. The standard InChI is InChI=1S/C14H19ClN2O3/c1-9(2)8-16(10(3)4)14(18)11-5-6-12(15)13(7-11)17(19)20/h5-7,9-10H,8H2,1-4H3. The van der Waals surface area contributed by atoms with E-state index >= 15 is 0 Å². The lowest BCUT2D eigenvalue weighted by Crippen LogP contribution is -2.39. The molecular formula is C14H19ClN2O3. The largest absolute Gasteiger partial charge is 0.336 e. The van der Waals surface area contributed by atoms with E-state index in [-0.39, 0.29) is 28.2 Å². The number of carbonyl (C=O) groups is 1. The number of halogens is 1. The number of amides is 1. The van der Waals surface area contributed by atoms with Crippen LogP contribution in [0.3, 0.4) is 0 Å². The number of hydrogen-bond acceptors (Lipinski definition) is 3. The highest BCUT2D eigenvalue weighted by atomic mass is 35.5. The smallest absolute Gasteiger partial charge is 0.288 e. The topological polar surface area (TPSA) is 63.5 Å². The van der Waals surface area contributed by atoms with Gasteiger partial charge >= 0.3 is 0 Å². The molecule has 0 aromatic heterocycles. The van der Waals surface area contributed by atoms with E-state index in [0.29, 0.717) is 12.5 Å². The minimum Gasteiger partial charge on any atom is -0.336 e. The first kappa shape index (κ1) is 16.4. The van der Waals surface area contributed by atoms with E-state index in [0.717, 1.165) is 0 Å². The molecule has 110 valence electrons. The summed E-state index contributed by atoms with van der Waals surface area (Å²) < 4.78 is 0. The molecule has 0 radical (unpaired) electrons. The normalized spacial score (nSPS) is 10.9. The van der Waals surface area contributed by atoms with Crippen molar-refractivity contribution in [3.05, 3.63) is 38.9 Å². The number of rotatable bonds is 5. The van der Waals surface area contributed by atoms with Crippen LogP contribution in [0.2, 0.25) is 5.02 Å². The first-order chi connectivity index (χ1) is 9.23. The SMILES string of the molecule is CC(C)CN(C(=O)c1ccc(Cl)c([N+](=O)[O-])c1)C(C)C. The zero-order valence-electron chi connectivity index (χ0n) is 12.1. The molecule has 1 amide bonds. The van der Waals surface area contributed by atoms with Gasteiger partial charge in [0.2, 0.25) is 0 Å². The Morgan fingerprint density at radius 2 is 1.95 bits per heavy atom. The molecule has 0 bridgehead atoms. The Hall–Kier alpha value is -1.62. The number of nitro benzene ring substituents is 1. The molecule has 0 unspecified atom stereocenters. The maximum atomic E-state index is 12.5. The summed E-state index contributed by atoms with van der Waals surface area (Å²) in [7, 11) is 0. The van der Waals surface area contributed by atoms with Crippen LogP contribution in [0.4, 0.5) is 5.69 Å². The van der Waals surface area contributed by atoms with Crippen molar-refractivity contribution < 1.29 is 9.72 Å². The molecule has 0 aliphatic carbocycles. The first-order valence-electron chi connectivity index (χ1n) is 6.49. The molecule has 0 saturated carbocycles. The highest BCUT2D eigenvalue weighted by Crippen LogP contribution is 2.26. The van der Waals surface area contributed by atoms with Crippen molar-refractivity contribution in [2.75, 3.05) is 6.54 Å². The lowest BCUT2D eigenvalue weighted by molar-refractivity contribution is -0.384. The van der Waals surface area contributed by atoms with Crippen LogP contribution in [0.1, 0.15) is 38.1 Å². The third-order valence-corrected chi connectivity index (χ3v) is 3.16. The highest BCUT2D eigenvalue weighted by Gasteiger charge is 2.22. The molecule has 0 N–H and O–H groups in total. The highest BCUT2D eigenvalue weighted by molar-refractivity contribution is 6.32. The van der Waals surface area contributed by atoms with Crippen LogP contribution >= 0.6 is 11.6 Å². The lowest BCUT2D eigenvalue weighted by atomic mass is 10.1. The molecule has 0 heterocycles. The van der Waals surface area contributed by atoms with Crippen molar-refractivity contribution in [2.45, 2.75) is 33.7 Å². The van der Waals surface area contributed by atoms with Crippen molar-refractivity contribution in [1.29, 1.82) is 0 Å². The van der Waals surface area contributed by atoms with Gasteiger partial charge in [-0.05, 0) is 31.9 Å². The summed E-state index contributed by atoms with van der Waals surface area (Å²) in [6.45, 7) is 8.49. The molecule has 1 rings (SSSR count). The molecule has 1 aromatic rings. The Balaban J connectivity index is 3.12. The van der Waals surface area contributed by atoms with Crippen molar-refractivity contribution in [2.24, 2.45) is 5.92 Å². The third kappa shape index (κ3) is 3.93. The minimum atomic E-state index is -0.582. The predicted octanol–water partition coefficient (Wildman–Crippen LogP) is 3.75. The second kappa shape index (κ2) is 6.70. The molecule has 0 aliphatic rings. The fourth-order valence-corrected chi connectivity index (χ4v) is 2.06. The summed E-state index contributed by atoms with van der Waals surface area (Å²) in [6.07, 6.45) is 0. The van der Waals surface area contributed by atoms with E-state index in [2.05, 4.69) is 0 Å². The average molecular weight is 299 g/mol. The van der Waals surface area contributed by atoms with Gasteiger partial charge in [0.25, 0.3) is 11.6 Å². The Bertz CT molecular complexity index is 515. The van der Waals surface area contributed by atoms with Gasteiger partial charge in [-0.1, -0.05) is 25.4 Å². The summed E-state index contributed by atoms with van der Waals surface area (Å²) in [4.78, 5) is 24.5. The van der Waals surface area contributed by atoms with Crippen molar-refractivity contribution >= 4 is 23.2 Å².